The van der Waals surface area contributed by atoms with Crippen LogP contribution in [0.4, 0.5) is 0 Å². The first-order chi connectivity index (χ1) is 13.5. The van der Waals surface area contributed by atoms with Crippen molar-refractivity contribution < 1.29 is 9.53 Å². The molecule has 28 heavy (non-hydrogen) atoms. The number of carbonyl (C=O) groups is 1. The van der Waals surface area contributed by atoms with Gasteiger partial charge in [-0.1, -0.05) is 6.92 Å². The number of rotatable bonds is 6. The molecule has 0 radical (unpaired) electrons. The van der Waals surface area contributed by atoms with E-state index in [0.717, 1.165) is 37.7 Å². The van der Waals surface area contributed by atoms with Gasteiger partial charge >= 0.3 is 0 Å². The summed E-state index contributed by atoms with van der Waals surface area (Å²) in [6.45, 7) is 2.12. The van der Waals surface area contributed by atoms with Crippen molar-refractivity contribution in [2.45, 2.75) is 51.0 Å². The van der Waals surface area contributed by atoms with Crippen molar-refractivity contribution in [1.82, 2.24) is 14.9 Å². The fourth-order valence-corrected chi connectivity index (χ4v) is 4.11. The first-order valence-corrected chi connectivity index (χ1v) is 9.99. The Bertz CT molecular complexity index is 852. The van der Waals surface area contributed by atoms with Gasteiger partial charge in [-0.05, 0) is 61.6 Å². The van der Waals surface area contributed by atoms with E-state index in [1.54, 1.807) is 43.1 Å². The monoisotopic (exact) mass is 383 g/mol. The first kappa shape index (κ1) is 20.1. The molecule has 0 saturated heterocycles. The van der Waals surface area contributed by atoms with E-state index in [1.807, 2.05) is 6.20 Å². The van der Waals surface area contributed by atoms with Gasteiger partial charge < -0.3 is 14.6 Å². The van der Waals surface area contributed by atoms with Gasteiger partial charge in [-0.25, -0.2) is 4.98 Å². The number of ether oxygens (including phenoxy) is 1. The Balaban J connectivity index is 1.58. The predicted octanol–water partition coefficient (Wildman–Crippen LogP) is 3.27. The quantitative estimate of drug-likeness (QED) is 0.831. The number of nitrogens with zero attached hydrogens (tertiary/aromatic N) is 2. The molecule has 3 rings (SSSR count). The molecule has 6 nitrogen and oxygen atoms in total. The second-order valence-corrected chi connectivity index (χ2v) is 7.60. The maximum absolute atomic E-state index is 12.6. The average Bonchev–Trinajstić information content (AvgIpc) is 2.74. The number of aryl methyl sites for hydroxylation is 1. The van der Waals surface area contributed by atoms with Crippen LogP contribution in [0.1, 0.15) is 60.9 Å². The highest BCUT2D eigenvalue weighted by Gasteiger charge is 2.28. The molecule has 1 saturated carbocycles. The van der Waals surface area contributed by atoms with Gasteiger partial charge in [0.25, 0.3) is 11.5 Å². The fraction of sp³-hybridized carbons (Fsp3) is 0.500. The minimum Gasteiger partial charge on any atom is -0.481 e. The minimum absolute atomic E-state index is 0.0476. The molecule has 1 aliphatic carbocycles. The Hall–Kier alpha value is -2.63. The summed E-state index contributed by atoms with van der Waals surface area (Å²) in [6.07, 6.45) is 8.51. The Morgan fingerprint density at radius 1 is 1.29 bits per heavy atom. The van der Waals surface area contributed by atoms with Gasteiger partial charge in [0.2, 0.25) is 5.88 Å². The van der Waals surface area contributed by atoms with Crippen LogP contribution in [0, 0.1) is 5.92 Å². The molecule has 2 aromatic heterocycles. The number of methoxy groups -OCH3 is 1. The zero-order valence-electron chi connectivity index (χ0n) is 16.9. The molecule has 1 fully saturated rings. The number of hydrogen-bond acceptors (Lipinski definition) is 4. The SMILES string of the molecule is CCC(NC(=O)c1ccc(OC)nc1)C1CCC(c2ccn(C)c(=O)c2)CC1. The summed E-state index contributed by atoms with van der Waals surface area (Å²) in [4.78, 5) is 28.6. The van der Waals surface area contributed by atoms with E-state index in [9.17, 15) is 9.59 Å². The van der Waals surface area contributed by atoms with Gasteiger partial charge in [-0.2, -0.15) is 0 Å². The molecular formula is C22H29N3O3. The maximum atomic E-state index is 12.6. The summed E-state index contributed by atoms with van der Waals surface area (Å²) in [7, 11) is 3.33. The van der Waals surface area contributed by atoms with E-state index in [1.165, 1.54) is 0 Å². The van der Waals surface area contributed by atoms with Gasteiger partial charge in [0.15, 0.2) is 0 Å². The lowest BCUT2D eigenvalue weighted by Crippen LogP contribution is -2.41. The van der Waals surface area contributed by atoms with E-state index < -0.39 is 0 Å². The lowest BCUT2D eigenvalue weighted by molar-refractivity contribution is 0.0909. The Morgan fingerprint density at radius 2 is 2.04 bits per heavy atom. The van der Waals surface area contributed by atoms with Gasteiger partial charge in [-0.15, -0.1) is 0 Å². The number of pyridine rings is 2. The molecular weight excluding hydrogens is 354 g/mol. The van der Waals surface area contributed by atoms with Crippen LogP contribution < -0.4 is 15.6 Å². The molecule has 1 N–H and O–H groups in total. The zero-order chi connectivity index (χ0) is 20.1. The summed E-state index contributed by atoms with van der Waals surface area (Å²) in [5.74, 6) is 1.31. The minimum atomic E-state index is -0.0873. The maximum Gasteiger partial charge on any atom is 0.253 e. The summed E-state index contributed by atoms with van der Waals surface area (Å²) in [5, 5.41) is 3.19. The number of carbonyl (C=O) groups excluding carboxylic acids is 1. The van der Waals surface area contributed by atoms with Crippen molar-refractivity contribution in [3.63, 3.8) is 0 Å². The third-order valence-corrected chi connectivity index (χ3v) is 5.90. The van der Waals surface area contributed by atoms with Crippen LogP contribution in [0.15, 0.2) is 41.5 Å². The lowest BCUT2D eigenvalue weighted by Gasteiger charge is -2.34. The molecule has 6 heteroatoms. The Morgan fingerprint density at radius 3 is 2.61 bits per heavy atom. The predicted molar refractivity (Wildman–Crippen MR) is 109 cm³/mol. The number of hydrogen-bond donors (Lipinski definition) is 1. The Labute approximate surface area is 165 Å². The summed E-state index contributed by atoms with van der Waals surface area (Å²) < 4.78 is 6.65. The van der Waals surface area contributed by atoms with Crippen molar-refractivity contribution in [1.29, 1.82) is 0 Å². The van der Waals surface area contributed by atoms with Crippen molar-refractivity contribution in [2.75, 3.05) is 7.11 Å². The Kier molecular flexibility index (Phi) is 6.49. The van der Waals surface area contributed by atoms with E-state index in [-0.39, 0.29) is 17.5 Å². The molecule has 2 heterocycles. The molecule has 0 aromatic carbocycles. The summed E-state index contributed by atoms with van der Waals surface area (Å²) in [5.41, 5.74) is 1.74. The third-order valence-electron chi connectivity index (χ3n) is 5.90. The highest BCUT2D eigenvalue weighted by molar-refractivity contribution is 5.94. The van der Waals surface area contributed by atoms with Crippen LogP contribution in [0.3, 0.4) is 0 Å². The van der Waals surface area contributed by atoms with Crippen LogP contribution in [-0.2, 0) is 7.05 Å². The molecule has 0 bridgehead atoms. The standard InChI is InChI=1S/C22H29N3O3/c1-4-19(24-22(27)18-9-10-20(28-3)23-14-18)16-7-5-15(6-8-16)17-11-12-25(2)21(26)13-17/h9-16,19H,4-8H2,1-3H3,(H,24,27). The van der Waals surface area contributed by atoms with Gasteiger partial charge in [-0.3, -0.25) is 9.59 Å². The zero-order valence-corrected chi connectivity index (χ0v) is 16.9. The van der Waals surface area contributed by atoms with Crippen LogP contribution in [0.2, 0.25) is 0 Å². The first-order valence-electron chi connectivity index (χ1n) is 9.99. The van der Waals surface area contributed by atoms with Crippen molar-refractivity contribution >= 4 is 5.91 Å². The lowest BCUT2D eigenvalue weighted by atomic mass is 9.75. The second kappa shape index (κ2) is 9.04. The largest absolute Gasteiger partial charge is 0.481 e. The molecule has 0 spiro atoms. The van der Waals surface area contributed by atoms with Crippen LogP contribution in [0.25, 0.3) is 0 Å². The number of nitrogens with one attached hydrogen (secondary N) is 1. The third kappa shape index (κ3) is 4.61. The van der Waals surface area contributed by atoms with E-state index in [0.29, 0.717) is 23.3 Å². The van der Waals surface area contributed by atoms with E-state index in [2.05, 4.69) is 23.3 Å². The van der Waals surface area contributed by atoms with Gasteiger partial charge in [0.1, 0.15) is 0 Å². The van der Waals surface area contributed by atoms with Crippen molar-refractivity contribution in [3.05, 3.63) is 58.1 Å². The number of aromatic nitrogens is 2. The summed E-state index contributed by atoms with van der Waals surface area (Å²) in [6, 6.07) is 7.41. The fourth-order valence-electron chi connectivity index (χ4n) is 4.11. The smallest absolute Gasteiger partial charge is 0.253 e. The van der Waals surface area contributed by atoms with Gasteiger partial charge in [0.05, 0.1) is 12.7 Å². The molecule has 0 aliphatic heterocycles. The topological polar surface area (TPSA) is 73.2 Å². The molecule has 150 valence electrons. The normalized spacial score (nSPS) is 20.4. The molecule has 1 amide bonds. The van der Waals surface area contributed by atoms with Crippen molar-refractivity contribution in [3.8, 4) is 5.88 Å². The molecule has 1 atom stereocenters. The number of amides is 1. The molecule has 1 unspecified atom stereocenters. The van der Waals surface area contributed by atoms with Gasteiger partial charge in [0, 0.05) is 37.6 Å². The highest BCUT2D eigenvalue weighted by Crippen LogP contribution is 2.37. The van der Waals surface area contributed by atoms with Crippen molar-refractivity contribution in [2.24, 2.45) is 13.0 Å². The van der Waals surface area contributed by atoms with Crippen LogP contribution in [0.5, 0.6) is 5.88 Å². The van der Waals surface area contributed by atoms with Crippen LogP contribution >= 0.6 is 0 Å². The van der Waals surface area contributed by atoms with Crippen LogP contribution in [-0.4, -0.2) is 28.6 Å². The average molecular weight is 383 g/mol. The highest BCUT2D eigenvalue weighted by atomic mass is 16.5. The van der Waals surface area contributed by atoms with E-state index in [4.69, 9.17) is 4.74 Å². The van der Waals surface area contributed by atoms with E-state index >= 15 is 0 Å². The second-order valence-electron chi connectivity index (χ2n) is 7.60. The summed E-state index contributed by atoms with van der Waals surface area (Å²) >= 11 is 0. The molecule has 1 aliphatic rings. The molecule has 2 aromatic rings.